The van der Waals surface area contributed by atoms with Crippen molar-refractivity contribution in [3.8, 4) is 11.4 Å². The first-order valence-corrected chi connectivity index (χ1v) is 12.3. The molecule has 2 aromatic carbocycles. The Labute approximate surface area is 223 Å². The van der Waals surface area contributed by atoms with Crippen molar-refractivity contribution >= 4 is 17.6 Å². The number of nitrogens with two attached hydrogens (primary N) is 1. The van der Waals surface area contributed by atoms with E-state index < -0.39 is 52.3 Å². The van der Waals surface area contributed by atoms with Crippen molar-refractivity contribution in [1.29, 1.82) is 0 Å². The predicted octanol–water partition coefficient (Wildman–Crippen LogP) is 4.23. The van der Waals surface area contributed by atoms with Gasteiger partial charge in [0.05, 0.1) is 12.2 Å². The number of anilines is 1. The van der Waals surface area contributed by atoms with E-state index >= 15 is 8.78 Å². The number of hydrogen-bond acceptors (Lipinski definition) is 6. The summed E-state index contributed by atoms with van der Waals surface area (Å²) in [4.78, 5) is 36.9. The summed E-state index contributed by atoms with van der Waals surface area (Å²) in [6.45, 7) is 5.65. The van der Waals surface area contributed by atoms with Gasteiger partial charge in [0.2, 0.25) is 0 Å². The summed E-state index contributed by atoms with van der Waals surface area (Å²) in [5.41, 5.74) is 4.50. The molecule has 0 fully saturated rings. The Morgan fingerprint density at radius 3 is 2.31 bits per heavy atom. The van der Waals surface area contributed by atoms with Crippen molar-refractivity contribution < 1.29 is 32.6 Å². The highest BCUT2D eigenvalue weighted by molar-refractivity contribution is 6.11. The third-order valence-corrected chi connectivity index (χ3v) is 5.99. The van der Waals surface area contributed by atoms with Crippen LogP contribution in [0.15, 0.2) is 47.3 Å². The van der Waals surface area contributed by atoms with Crippen LogP contribution in [0.4, 0.5) is 19.0 Å². The largest absolute Gasteiger partial charge is 0.493 e. The number of aliphatic carboxylic acids is 1. The molecule has 1 heterocycles. The fourth-order valence-corrected chi connectivity index (χ4v) is 4.04. The fraction of sp³-hybridized carbons (Fsp3) is 0.321. The van der Waals surface area contributed by atoms with Gasteiger partial charge in [-0.2, -0.15) is 0 Å². The van der Waals surface area contributed by atoms with Gasteiger partial charge < -0.3 is 20.9 Å². The Morgan fingerprint density at radius 1 is 1.05 bits per heavy atom. The monoisotopic (exact) mass is 545 g/mol. The van der Waals surface area contributed by atoms with Gasteiger partial charge in [-0.3, -0.25) is 19.0 Å². The van der Waals surface area contributed by atoms with Crippen LogP contribution in [0, 0.1) is 30.3 Å². The van der Waals surface area contributed by atoms with Gasteiger partial charge in [-0.25, -0.2) is 13.2 Å². The number of pyridine rings is 1. The zero-order valence-corrected chi connectivity index (χ0v) is 21.8. The van der Waals surface area contributed by atoms with Crippen molar-refractivity contribution in [1.82, 2.24) is 9.88 Å². The predicted molar refractivity (Wildman–Crippen MR) is 140 cm³/mol. The Morgan fingerprint density at radius 2 is 1.72 bits per heavy atom. The molecule has 1 atom stereocenters. The van der Waals surface area contributed by atoms with E-state index in [-0.39, 0.29) is 35.0 Å². The van der Waals surface area contributed by atoms with Crippen LogP contribution in [-0.2, 0) is 4.79 Å². The minimum atomic E-state index is -1.15. The van der Waals surface area contributed by atoms with E-state index in [2.05, 4.69) is 5.32 Å². The van der Waals surface area contributed by atoms with Crippen molar-refractivity contribution in [2.24, 2.45) is 5.92 Å². The zero-order valence-electron chi connectivity index (χ0n) is 21.8. The van der Waals surface area contributed by atoms with Crippen LogP contribution in [-0.4, -0.2) is 40.6 Å². The van der Waals surface area contributed by atoms with Crippen LogP contribution in [0.25, 0.3) is 5.69 Å². The third-order valence-electron chi connectivity index (χ3n) is 5.99. The molecule has 3 aromatic rings. The van der Waals surface area contributed by atoms with Crippen molar-refractivity contribution in [2.45, 2.75) is 39.7 Å². The van der Waals surface area contributed by atoms with E-state index in [1.807, 2.05) is 13.8 Å². The summed E-state index contributed by atoms with van der Waals surface area (Å²) in [7, 11) is 0. The van der Waals surface area contributed by atoms with E-state index in [0.29, 0.717) is 24.0 Å². The molecule has 0 radical (unpaired) electrons. The molecule has 8 nitrogen and oxygen atoms in total. The number of ketones is 1. The van der Waals surface area contributed by atoms with Crippen LogP contribution >= 0.6 is 0 Å². The first kappa shape index (κ1) is 29.4. The Hall–Kier alpha value is -4.12. The summed E-state index contributed by atoms with van der Waals surface area (Å²) in [5.74, 6) is -4.87. The number of hydrogen-bond donors (Lipinski definition) is 3. The van der Waals surface area contributed by atoms with E-state index in [0.717, 1.165) is 30.3 Å². The summed E-state index contributed by atoms with van der Waals surface area (Å²) < 4.78 is 49.7. The molecule has 0 spiro atoms. The van der Waals surface area contributed by atoms with Gasteiger partial charge in [-0.15, -0.1) is 0 Å². The lowest BCUT2D eigenvalue weighted by molar-refractivity contribution is -0.139. The number of benzene rings is 2. The standard InChI is InChI=1S/C28H30F3N3O5/c1-15(2)11-23(28(37)38)33-9-4-10-39-18-13-21(30)25(22(31)14-18)34-24(35)8-6-19(27(34)32)26(36)17-5-7-20(29)16(3)12-17/h5-8,12-15,23,33H,4,9-11,32H2,1-3H3,(H,37,38). The van der Waals surface area contributed by atoms with Crippen molar-refractivity contribution in [3.05, 3.63) is 87.0 Å². The van der Waals surface area contributed by atoms with Gasteiger partial charge in [0.25, 0.3) is 5.56 Å². The Kier molecular flexibility index (Phi) is 9.52. The lowest BCUT2D eigenvalue weighted by Crippen LogP contribution is -2.38. The van der Waals surface area contributed by atoms with Gasteiger partial charge in [-0.1, -0.05) is 13.8 Å². The van der Waals surface area contributed by atoms with Crippen LogP contribution in [0.5, 0.6) is 5.75 Å². The number of carbonyl (C=O) groups excluding carboxylic acids is 1. The minimum absolute atomic E-state index is 0.0441. The molecule has 208 valence electrons. The highest BCUT2D eigenvalue weighted by Crippen LogP contribution is 2.27. The molecule has 0 aliphatic rings. The quantitative estimate of drug-likeness (QED) is 0.230. The van der Waals surface area contributed by atoms with Gasteiger partial charge in [-0.05, 0) is 62.1 Å². The van der Waals surface area contributed by atoms with Gasteiger partial charge in [0, 0.05) is 23.8 Å². The third kappa shape index (κ3) is 7.05. The maximum Gasteiger partial charge on any atom is 0.320 e. The summed E-state index contributed by atoms with van der Waals surface area (Å²) in [6, 6.07) is 6.82. The molecule has 0 bridgehead atoms. The second kappa shape index (κ2) is 12.6. The molecule has 1 unspecified atom stereocenters. The van der Waals surface area contributed by atoms with Crippen LogP contribution in [0.1, 0.15) is 48.2 Å². The number of rotatable bonds is 12. The molecule has 4 N–H and O–H groups in total. The molecule has 0 saturated heterocycles. The molecule has 3 rings (SSSR count). The van der Waals surface area contributed by atoms with Gasteiger partial charge in [0.1, 0.15) is 29.1 Å². The molecule has 0 saturated carbocycles. The molecule has 39 heavy (non-hydrogen) atoms. The van der Waals surface area contributed by atoms with Crippen molar-refractivity contribution in [3.63, 3.8) is 0 Å². The van der Waals surface area contributed by atoms with E-state index in [1.54, 1.807) is 0 Å². The minimum Gasteiger partial charge on any atom is -0.493 e. The number of carboxylic acids is 1. The average molecular weight is 546 g/mol. The molecule has 0 aliphatic carbocycles. The molecular weight excluding hydrogens is 515 g/mol. The van der Waals surface area contributed by atoms with E-state index in [9.17, 15) is 23.9 Å². The molecule has 11 heteroatoms. The van der Waals surface area contributed by atoms with Crippen molar-refractivity contribution in [2.75, 3.05) is 18.9 Å². The first-order chi connectivity index (χ1) is 18.4. The molecule has 0 amide bonds. The maximum absolute atomic E-state index is 15.1. The lowest BCUT2D eigenvalue weighted by Gasteiger charge is -2.17. The number of aromatic nitrogens is 1. The Balaban J connectivity index is 1.78. The number of halogens is 3. The number of nitrogens with one attached hydrogen (secondary N) is 1. The second-order valence-corrected chi connectivity index (χ2v) is 9.51. The first-order valence-electron chi connectivity index (χ1n) is 12.3. The summed E-state index contributed by atoms with van der Waals surface area (Å²) >= 11 is 0. The number of ether oxygens (including phenoxy) is 1. The fourth-order valence-electron chi connectivity index (χ4n) is 4.04. The second-order valence-electron chi connectivity index (χ2n) is 9.51. The highest BCUT2D eigenvalue weighted by atomic mass is 19.1. The van der Waals surface area contributed by atoms with Crippen LogP contribution in [0.3, 0.4) is 0 Å². The summed E-state index contributed by atoms with van der Waals surface area (Å²) in [6.07, 6.45) is 0.819. The zero-order chi connectivity index (χ0) is 28.9. The number of nitrogen functional groups attached to an aromatic ring is 1. The maximum atomic E-state index is 15.1. The van der Waals surface area contributed by atoms with Gasteiger partial charge >= 0.3 is 5.97 Å². The number of nitrogens with zero attached hydrogens (tertiary/aromatic N) is 1. The topological polar surface area (TPSA) is 124 Å². The number of carboxylic acid groups (broad SMARTS) is 1. The van der Waals surface area contributed by atoms with E-state index in [1.165, 1.54) is 19.1 Å². The SMILES string of the molecule is Cc1cc(C(=O)c2ccc(=O)n(-c3c(F)cc(OCCCNC(CC(C)C)C(=O)O)cc3F)c2N)ccc1F. The van der Waals surface area contributed by atoms with Gasteiger partial charge in [0.15, 0.2) is 17.4 Å². The van der Waals surface area contributed by atoms with Crippen LogP contribution in [0.2, 0.25) is 0 Å². The number of carbonyl (C=O) groups is 2. The molecule has 0 aliphatic heterocycles. The highest BCUT2D eigenvalue weighted by Gasteiger charge is 2.22. The normalized spacial score (nSPS) is 12.0. The molecule has 1 aromatic heterocycles. The Bertz CT molecular complexity index is 1420. The average Bonchev–Trinajstić information content (AvgIpc) is 2.85. The van der Waals surface area contributed by atoms with E-state index in [4.69, 9.17) is 10.5 Å². The smallest absolute Gasteiger partial charge is 0.320 e. The number of aryl methyl sites for hydroxylation is 1. The van der Waals surface area contributed by atoms with Crippen LogP contribution < -0.4 is 21.3 Å². The lowest BCUT2D eigenvalue weighted by atomic mass is 10.0. The summed E-state index contributed by atoms with van der Waals surface area (Å²) in [5, 5.41) is 12.2. The molecular formula is C28H30F3N3O5.